The number of aliphatic hydroxyl groups is 1. The fourth-order valence-corrected chi connectivity index (χ4v) is 6.32. The Kier molecular flexibility index (Phi) is 16.7. The summed E-state index contributed by atoms with van der Waals surface area (Å²) in [4.78, 5) is 19.5. The molecule has 1 heterocycles. The largest absolute Gasteiger partial charge is 0.488 e. The molecule has 8 nitrogen and oxygen atoms in total. The van der Waals surface area contributed by atoms with E-state index in [9.17, 15) is 32.5 Å². The quantitative estimate of drug-likeness (QED) is 0.0511. The summed E-state index contributed by atoms with van der Waals surface area (Å²) in [6.07, 6.45) is -0.542. The number of thiophene rings is 1. The van der Waals surface area contributed by atoms with Crippen LogP contribution in [0.25, 0.3) is 11.1 Å². The molecule has 0 radical (unpaired) electrons. The van der Waals surface area contributed by atoms with Crippen molar-refractivity contribution < 1.29 is 42.4 Å². The number of unbranched alkanes of at least 4 members (excludes halogenated alkanes) is 1. The van der Waals surface area contributed by atoms with Gasteiger partial charge in [-0.05, 0) is 66.3 Å². The average molecular weight is 735 g/mol. The molecular formula is C37H46F3N2O6PS. The van der Waals surface area contributed by atoms with Gasteiger partial charge in [-0.15, -0.1) is 11.3 Å². The lowest BCUT2D eigenvalue weighted by atomic mass is 10.1. The minimum absolute atomic E-state index is 0.0385. The average Bonchev–Trinajstić information content (AvgIpc) is 3.53. The highest BCUT2D eigenvalue weighted by Crippen LogP contribution is 2.43. The van der Waals surface area contributed by atoms with Crippen LogP contribution in [0.2, 0.25) is 0 Å². The molecule has 272 valence electrons. The van der Waals surface area contributed by atoms with Crippen LogP contribution in [0.1, 0.15) is 59.1 Å². The van der Waals surface area contributed by atoms with Gasteiger partial charge in [0.2, 0.25) is 7.37 Å². The number of aliphatic hydroxyl groups excluding tert-OH is 1. The van der Waals surface area contributed by atoms with E-state index in [4.69, 9.17) is 9.84 Å². The van der Waals surface area contributed by atoms with Crippen LogP contribution in [0.5, 0.6) is 5.75 Å². The first-order valence-corrected chi connectivity index (χ1v) is 19.4. The predicted molar refractivity (Wildman–Crippen MR) is 193 cm³/mol. The number of ether oxygens (including phenoxy) is 1. The van der Waals surface area contributed by atoms with Crippen molar-refractivity contribution in [3.05, 3.63) is 111 Å². The zero-order valence-electron chi connectivity index (χ0n) is 28.3. The van der Waals surface area contributed by atoms with Gasteiger partial charge >= 0.3 is 12.1 Å². The van der Waals surface area contributed by atoms with E-state index in [-0.39, 0.29) is 18.6 Å². The summed E-state index contributed by atoms with van der Waals surface area (Å²) in [5, 5.41) is 24.3. The molecule has 4 aromatic rings. The van der Waals surface area contributed by atoms with Crippen molar-refractivity contribution in [2.24, 2.45) is 0 Å². The number of aryl methyl sites for hydroxylation is 1. The normalized spacial score (nSPS) is 13.2. The molecule has 0 aliphatic heterocycles. The first kappa shape index (κ1) is 40.9. The summed E-state index contributed by atoms with van der Waals surface area (Å²) < 4.78 is 57.2. The van der Waals surface area contributed by atoms with Crippen LogP contribution in [0, 0.1) is 0 Å². The fourth-order valence-electron chi connectivity index (χ4n) is 4.75. The molecule has 0 fully saturated rings. The summed E-state index contributed by atoms with van der Waals surface area (Å²) in [7, 11) is -3.37. The molecule has 0 spiro atoms. The van der Waals surface area contributed by atoms with Gasteiger partial charge in [0.25, 0.3) is 0 Å². The van der Waals surface area contributed by atoms with E-state index in [1.165, 1.54) is 36.7 Å². The van der Waals surface area contributed by atoms with E-state index in [0.29, 0.717) is 60.1 Å². The van der Waals surface area contributed by atoms with Crippen LogP contribution in [-0.2, 0) is 41.7 Å². The van der Waals surface area contributed by atoms with Crippen molar-refractivity contribution in [2.45, 2.75) is 70.7 Å². The minimum atomic E-state index is -4.43. The summed E-state index contributed by atoms with van der Waals surface area (Å²) in [5.74, 6) is -1.44. The molecule has 13 heteroatoms. The van der Waals surface area contributed by atoms with Crippen molar-refractivity contribution in [2.75, 3.05) is 19.8 Å². The first-order chi connectivity index (χ1) is 23.8. The van der Waals surface area contributed by atoms with Crippen molar-refractivity contribution in [1.29, 1.82) is 0 Å². The highest BCUT2D eigenvalue weighted by Gasteiger charge is 2.36. The second kappa shape index (κ2) is 20.4. The Balaban J connectivity index is 0.000000295. The molecule has 0 aliphatic carbocycles. The number of hydrogen-bond acceptors (Lipinski definition) is 7. The maximum absolute atomic E-state index is 13.5. The van der Waals surface area contributed by atoms with Gasteiger partial charge in [0.1, 0.15) is 23.1 Å². The highest BCUT2D eigenvalue weighted by atomic mass is 32.1. The third-order valence-electron chi connectivity index (χ3n) is 7.58. The number of alkyl halides is 3. The second-order valence-electron chi connectivity index (χ2n) is 11.9. The molecule has 2 atom stereocenters. The SMILES string of the molecule is CCCCc1ccc(CNCCC(O)P(C)(=O)O)cc1.O=C(O)CCNCc1ccc(OCc2cc(-c3ccccc3)c(C(F)(F)F)s2)cc1. The maximum Gasteiger partial charge on any atom is 0.426 e. The van der Waals surface area contributed by atoms with Crippen LogP contribution in [-0.4, -0.2) is 46.7 Å². The molecule has 0 saturated carbocycles. The molecular weight excluding hydrogens is 688 g/mol. The molecule has 5 N–H and O–H groups in total. The number of hydrogen-bond donors (Lipinski definition) is 5. The van der Waals surface area contributed by atoms with Gasteiger partial charge < -0.3 is 30.5 Å². The Morgan fingerprint density at radius 2 is 1.50 bits per heavy atom. The number of benzene rings is 3. The number of rotatable bonds is 18. The van der Waals surface area contributed by atoms with Crippen LogP contribution in [0.4, 0.5) is 13.2 Å². The van der Waals surface area contributed by atoms with Gasteiger partial charge in [0.05, 0.1) is 6.42 Å². The minimum Gasteiger partial charge on any atom is -0.488 e. The standard InChI is InChI=1S/C22H20F3NO3S.C15H26NO3P/c23-22(24,25)21-19(16-4-2-1-3-5-16)12-18(30-21)14-29-17-8-6-15(7-9-17)13-26-11-10-20(27)28;1-3-4-5-13-6-8-14(9-7-13)12-16-11-10-15(17)20(2,18)19/h1-9,12,26H,10-11,13-14H2,(H,27,28);6-9,15-17H,3-5,10-12H2,1-2H3,(H,18,19). The van der Waals surface area contributed by atoms with E-state index >= 15 is 0 Å². The lowest BCUT2D eigenvalue weighted by Gasteiger charge is -2.14. The van der Waals surface area contributed by atoms with E-state index in [1.54, 1.807) is 42.5 Å². The van der Waals surface area contributed by atoms with Crippen molar-refractivity contribution in [3.8, 4) is 16.9 Å². The Bertz CT molecular complexity index is 1630. The van der Waals surface area contributed by atoms with E-state index in [2.05, 4.69) is 41.8 Å². The molecule has 0 bridgehead atoms. The number of carbonyl (C=O) groups is 1. The lowest BCUT2D eigenvalue weighted by Crippen LogP contribution is -2.20. The molecule has 0 saturated heterocycles. The molecule has 3 aromatic carbocycles. The van der Waals surface area contributed by atoms with Crippen LogP contribution < -0.4 is 15.4 Å². The third-order valence-corrected chi connectivity index (χ3v) is 10.1. The number of carboxylic acids is 1. The smallest absolute Gasteiger partial charge is 0.426 e. The van der Waals surface area contributed by atoms with E-state index in [1.807, 2.05) is 12.1 Å². The zero-order chi connectivity index (χ0) is 36.6. The van der Waals surface area contributed by atoms with Gasteiger partial charge in [-0.25, -0.2) is 0 Å². The van der Waals surface area contributed by atoms with Crippen molar-refractivity contribution in [1.82, 2.24) is 10.6 Å². The number of aliphatic carboxylic acids is 1. The molecule has 2 unspecified atom stereocenters. The Morgan fingerprint density at radius 1 is 0.920 bits per heavy atom. The molecule has 50 heavy (non-hydrogen) atoms. The van der Waals surface area contributed by atoms with Crippen molar-refractivity contribution in [3.63, 3.8) is 0 Å². The fraction of sp³-hybridized carbons (Fsp3) is 0.378. The maximum atomic E-state index is 13.5. The van der Waals surface area contributed by atoms with E-state index in [0.717, 1.165) is 12.0 Å². The molecule has 0 aliphatic rings. The monoisotopic (exact) mass is 734 g/mol. The molecule has 1 aromatic heterocycles. The summed E-state index contributed by atoms with van der Waals surface area (Å²) in [5.41, 5.74) is 4.18. The lowest BCUT2D eigenvalue weighted by molar-refractivity contribution is -0.137. The number of nitrogens with one attached hydrogen (secondary N) is 2. The van der Waals surface area contributed by atoms with Crippen molar-refractivity contribution >= 4 is 24.7 Å². The van der Waals surface area contributed by atoms with Crippen LogP contribution >= 0.6 is 18.7 Å². The van der Waals surface area contributed by atoms with Gasteiger partial charge in [0, 0.05) is 36.7 Å². The summed E-state index contributed by atoms with van der Waals surface area (Å²) >= 11 is 0.692. The Morgan fingerprint density at radius 3 is 2.06 bits per heavy atom. The number of carboxylic acid groups (broad SMARTS) is 1. The Hall–Kier alpha value is -3.51. The first-order valence-electron chi connectivity index (χ1n) is 16.4. The van der Waals surface area contributed by atoms with Crippen LogP contribution in [0.15, 0.2) is 84.9 Å². The second-order valence-corrected chi connectivity index (χ2v) is 15.5. The highest BCUT2D eigenvalue weighted by molar-refractivity contribution is 7.57. The van der Waals surface area contributed by atoms with Gasteiger partial charge in [-0.1, -0.05) is 80.1 Å². The molecule has 0 amide bonds. The number of halogens is 3. The van der Waals surface area contributed by atoms with Gasteiger partial charge in [-0.2, -0.15) is 13.2 Å². The van der Waals surface area contributed by atoms with Gasteiger partial charge in [0.15, 0.2) is 0 Å². The van der Waals surface area contributed by atoms with Crippen LogP contribution in [0.3, 0.4) is 0 Å². The third kappa shape index (κ3) is 14.8. The summed E-state index contributed by atoms with van der Waals surface area (Å²) in [6, 6.07) is 25.7. The van der Waals surface area contributed by atoms with E-state index < -0.39 is 30.2 Å². The summed E-state index contributed by atoms with van der Waals surface area (Å²) in [6.45, 7) is 5.54. The topological polar surface area (TPSA) is 128 Å². The predicted octanol–water partition coefficient (Wildman–Crippen LogP) is 8.30. The molecule has 4 rings (SSSR count). The zero-order valence-corrected chi connectivity index (χ0v) is 30.0. The van der Waals surface area contributed by atoms with Gasteiger partial charge in [-0.3, -0.25) is 9.36 Å². The Labute approximate surface area is 295 Å².